The Bertz CT molecular complexity index is 740. The Labute approximate surface area is 127 Å². The lowest BCUT2D eigenvalue weighted by atomic mass is 10.2. The van der Waals surface area contributed by atoms with E-state index in [2.05, 4.69) is 0 Å². The van der Waals surface area contributed by atoms with E-state index in [1.54, 1.807) is 30.3 Å². The van der Waals surface area contributed by atoms with Crippen molar-refractivity contribution in [3.05, 3.63) is 64.1 Å². The SMILES string of the molecule is O=C(CS(=O)(=O)c1ccc(Cl)c(Cl)c1)c1ccccc1. The molecule has 2 rings (SSSR count). The maximum atomic E-state index is 12.2. The molecule has 0 amide bonds. The van der Waals surface area contributed by atoms with Gasteiger partial charge in [0.1, 0.15) is 5.75 Å². The highest BCUT2D eigenvalue weighted by Crippen LogP contribution is 2.25. The Hall–Kier alpha value is -1.36. The number of carbonyl (C=O) groups excluding carboxylic acids is 1. The molecule has 0 radical (unpaired) electrons. The number of Topliss-reactive ketones (excluding diaryl/α,β-unsaturated/α-hetero) is 1. The van der Waals surface area contributed by atoms with E-state index in [1.807, 2.05) is 0 Å². The van der Waals surface area contributed by atoms with Crippen molar-refractivity contribution >= 4 is 38.8 Å². The Morgan fingerprint density at radius 1 is 0.950 bits per heavy atom. The standard InChI is InChI=1S/C14H10Cl2O3S/c15-12-7-6-11(8-13(12)16)20(18,19)9-14(17)10-4-2-1-3-5-10/h1-8H,9H2. The van der Waals surface area contributed by atoms with E-state index in [4.69, 9.17) is 23.2 Å². The van der Waals surface area contributed by atoms with Crippen molar-refractivity contribution in [2.24, 2.45) is 0 Å². The molecule has 20 heavy (non-hydrogen) atoms. The molecule has 0 atom stereocenters. The molecule has 0 aliphatic carbocycles. The lowest BCUT2D eigenvalue weighted by molar-refractivity contribution is 0.102. The molecule has 0 aliphatic heterocycles. The van der Waals surface area contributed by atoms with Crippen LogP contribution in [0, 0.1) is 0 Å². The molecule has 3 nitrogen and oxygen atoms in total. The Morgan fingerprint density at radius 2 is 1.60 bits per heavy atom. The van der Waals surface area contributed by atoms with Crippen LogP contribution in [0.15, 0.2) is 53.4 Å². The molecule has 0 aromatic heterocycles. The fourth-order valence-electron chi connectivity index (χ4n) is 1.63. The molecule has 0 bridgehead atoms. The van der Waals surface area contributed by atoms with Crippen LogP contribution >= 0.6 is 23.2 Å². The summed E-state index contributed by atoms with van der Waals surface area (Å²) in [7, 11) is -3.74. The maximum absolute atomic E-state index is 12.2. The summed E-state index contributed by atoms with van der Waals surface area (Å²) in [5.41, 5.74) is 0.358. The van der Waals surface area contributed by atoms with Gasteiger partial charge in [0.2, 0.25) is 0 Å². The van der Waals surface area contributed by atoms with Gasteiger partial charge in [-0.25, -0.2) is 8.42 Å². The van der Waals surface area contributed by atoms with Crippen molar-refractivity contribution in [1.82, 2.24) is 0 Å². The van der Waals surface area contributed by atoms with Crippen LogP contribution in [0.25, 0.3) is 0 Å². The van der Waals surface area contributed by atoms with Gasteiger partial charge < -0.3 is 0 Å². The summed E-state index contributed by atoms with van der Waals surface area (Å²) in [6.45, 7) is 0. The monoisotopic (exact) mass is 328 g/mol. The van der Waals surface area contributed by atoms with Gasteiger partial charge in [-0.05, 0) is 18.2 Å². The van der Waals surface area contributed by atoms with Gasteiger partial charge in [-0.15, -0.1) is 0 Å². The van der Waals surface area contributed by atoms with Crippen LogP contribution in [0.1, 0.15) is 10.4 Å². The second-order valence-electron chi connectivity index (χ2n) is 4.12. The highest BCUT2D eigenvalue weighted by molar-refractivity contribution is 7.92. The van der Waals surface area contributed by atoms with Gasteiger partial charge in [0, 0.05) is 5.56 Å². The van der Waals surface area contributed by atoms with E-state index >= 15 is 0 Å². The smallest absolute Gasteiger partial charge is 0.185 e. The minimum atomic E-state index is -3.74. The highest BCUT2D eigenvalue weighted by Gasteiger charge is 2.21. The van der Waals surface area contributed by atoms with Crippen molar-refractivity contribution < 1.29 is 13.2 Å². The summed E-state index contributed by atoms with van der Waals surface area (Å²) in [5, 5.41) is 0.403. The Morgan fingerprint density at radius 3 is 2.20 bits per heavy atom. The van der Waals surface area contributed by atoms with Crippen LogP contribution in [0.2, 0.25) is 10.0 Å². The van der Waals surface area contributed by atoms with Crippen molar-refractivity contribution in [1.29, 1.82) is 0 Å². The Kier molecular flexibility index (Phi) is 4.48. The minimum absolute atomic E-state index is 0.0174. The van der Waals surface area contributed by atoms with Crippen molar-refractivity contribution in [3.63, 3.8) is 0 Å². The summed E-state index contributed by atoms with van der Waals surface area (Å²) in [4.78, 5) is 11.9. The lowest BCUT2D eigenvalue weighted by Crippen LogP contribution is -2.16. The molecule has 0 saturated heterocycles. The molecule has 0 unspecified atom stereocenters. The average molecular weight is 329 g/mol. The summed E-state index contributed by atoms with van der Waals surface area (Å²) in [6, 6.07) is 12.2. The number of rotatable bonds is 4. The predicted octanol–water partition coefficient (Wildman–Crippen LogP) is 3.65. The first kappa shape index (κ1) is 15.0. The number of halogens is 2. The highest BCUT2D eigenvalue weighted by atomic mass is 35.5. The van der Waals surface area contributed by atoms with Gasteiger partial charge in [0.05, 0.1) is 14.9 Å². The molecule has 0 N–H and O–H groups in total. The van der Waals surface area contributed by atoms with E-state index < -0.39 is 21.4 Å². The molecule has 6 heteroatoms. The van der Waals surface area contributed by atoms with Crippen molar-refractivity contribution in [3.8, 4) is 0 Å². The topological polar surface area (TPSA) is 51.2 Å². The minimum Gasteiger partial charge on any atom is -0.293 e. The molecule has 2 aromatic rings. The number of sulfone groups is 1. The zero-order chi connectivity index (χ0) is 14.8. The van der Waals surface area contributed by atoms with Gasteiger partial charge in [0.25, 0.3) is 0 Å². The number of ketones is 1. The zero-order valence-corrected chi connectivity index (χ0v) is 12.5. The van der Waals surface area contributed by atoms with E-state index in [0.717, 1.165) is 0 Å². The van der Waals surface area contributed by atoms with E-state index in [1.165, 1.54) is 18.2 Å². The second-order valence-corrected chi connectivity index (χ2v) is 6.93. The van der Waals surface area contributed by atoms with Crippen LogP contribution in [0.3, 0.4) is 0 Å². The lowest BCUT2D eigenvalue weighted by Gasteiger charge is -2.05. The first-order chi connectivity index (χ1) is 9.40. The first-order valence-electron chi connectivity index (χ1n) is 5.66. The molecule has 0 heterocycles. The predicted molar refractivity (Wildman–Crippen MR) is 79.3 cm³/mol. The first-order valence-corrected chi connectivity index (χ1v) is 8.07. The zero-order valence-electron chi connectivity index (χ0n) is 10.2. The quantitative estimate of drug-likeness (QED) is 0.805. The van der Waals surface area contributed by atoms with Gasteiger partial charge in [0.15, 0.2) is 15.6 Å². The summed E-state index contributed by atoms with van der Waals surface area (Å²) in [5.74, 6) is -1.06. The third kappa shape index (κ3) is 3.39. The molecule has 0 aliphatic rings. The molecular weight excluding hydrogens is 319 g/mol. The van der Waals surface area contributed by atoms with Gasteiger partial charge in [-0.2, -0.15) is 0 Å². The molecular formula is C14H10Cl2O3S. The summed E-state index contributed by atoms with van der Waals surface area (Å²) < 4.78 is 24.3. The van der Waals surface area contributed by atoms with E-state index in [0.29, 0.717) is 5.56 Å². The fourth-order valence-corrected chi connectivity index (χ4v) is 3.25. The van der Waals surface area contributed by atoms with Crippen molar-refractivity contribution in [2.75, 3.05) is 5.75 Å². The fraction of sp³-hybridized carbons (Fsp3) is 0.0714. The molecule has 0 saturated carbocycles. The largest absolute Gasteiger partial charge is 0.293 e. The second kappa shape index (κ2) is 5.95. The molecule has 0 fully saturated rings. The van der Waals surface area contributed by atoms with Gasteiger partial charge >= 0.3 is 0 Å². The van der Waals surface area contributed by atoms with E-state index in [9.17, 15) is 13.2 Å². The number of carbonyl (C=O) groups is 1. The van der Waals surface area contributed by atoms with Crippen LogP contribution in [-0.2, 0) is 9.84 Å². The van der Waals surface area contributed by atoms with Gasteiger partial charge in [-0.3, -0.25) is 4.79 Å². The summed E-state index contributed by atoms with van der Waals surface area (Å²) in [6.07, 6.45) is 0. The van der Waals surface area contributed by atoms with Crippen molar-refractivity contribution in [2.45, 2.75) is 4.90 Å². The molecule has 0 spiro atoms. The summed E-state index contributed by atoms with van der Waals surface area (Å²) >= 11 is 11.5. The van der Waals surface area contributed by atoms with Crippen LogP contribution in [-0.4, -0.2) is 20.0 Å². The van der Waals surface area contributed by atoms with E-state index in [-0.39, 0.29) is 14.9 Å². The number of hydrogen-bond acceptors (Lipinski definition) is 3. The third-order valence-electron chi connectivity index (χ3n) is 2.67. The van der Waals surface area contributed by atoms with Gasteiger partial charge in [-0.1, -0.05) is 53.5 Å². The average Bonchev–Trinajstić information content (AvgIpc) is 2.42. The number of hydrogen-bond donors (Lipinski definition) is 0. The Balaban J connectivity index is 2.27. The molecule has 2 aromatic carbocycles. The normalized spacial score (nSPS) is 11.3. The van der Waals surface area contributed by atoms with Crippen LogP contribution in [0.5, 0.6) is 0 Å². The maximum Gasteiger partial charge on any atom is 0.185 e. The third-order valence-corrected chi connectivity index (χ3v) is 5.02. The number of benzene rings is 2. The van der Waals surface area contributed by atoms with Crippen LogP contribution < -0.4 is 0 Å². The van der Waals surface area contributed by atoms with Crippen LogP contribution in [0.4, 0.5) is 0 Å². The molecule has 104 valence electrons.